The van der Waals surface area contributed by atoms with Gasteiger partial charge in [0.1, 0.15) is 5.75 Å². The average Bonchev–Trinajstić information content (AvgIpc) is 3.33. The Balaban J connectivity index is 0.00000208. The molecule has 134 valence electrons. The van der Waals surface area contributed by atoms with Crippen LogP contribution in [-0.4, -0.2) is 36.0 Å². The van der Waals surface area contributed by atoms with Crippen molar-refractivity contribution in [2.24, 2.45) is 11.7 Å². The Morgan fingerprint density at radius 1 is 1.25 bits per heavy atom. The molecule has 2 fully saturated rings. The summed E-state index contributed by atoms with van der Waals surface area (Å²) in [7, 11) is 0. The summed E-state index contributed by atoms with van der Waals surface area (Å²) in [6.45, 7) is 4.47. The highest BCUT2D eigenvalue weighted by Gasteiger charge is 2.48. The molecular formula is C19H29ClN2O2. The second kappa shape index (κ2) is 8.21. The summed E-state index contributed by atoms with van der Waals surface area (Å²) in [5, 5.41) is 0. The Kier molecular flexibility index (Phi) is 6.53. The molecule has 0 bridgehead atoms. The van der Waals surface area contributed by atoms with Crippen LogP contribution in [0.4, 0.5) is 0 Å². The zero-order valence-electron chi connectivity index (χ0n) is 14.5. The maximum Gasteiger partial charge on any atom is 0.242 e. The normalized spacial score (nSPS) is 19.5. The van der Waals surface area contributed by atoms with Gasteiger partial charge in [-0.15, -0.1) is 12.4 Å². The third kappa shape index (κ3) is 4.64. The molecule has 1 aromatic carbocycles. The zero-order chi connectivity index (χ0) is 16.3. The number of amides is 1. The maximum absolute atomic E-state index is 12.2. The SMILES string of the molecule is CCOc1ccc(CCC2CCN(C(=O)C3(N)CC3)CC2)cc1.Cl. The van der Waals surface area contributed by atoms with Gasteiger partial charge in [0.15, 0.2) is 0 Å². The number of hydrogen-bond donors (Lipinski definition) is 1. The van der Waals surface area contributed by atoms with E-state index in [9.17, 15) is 4.79 Å². The molecule has 2 aliphatic rings. The van der Waals surface area contributed by atoms with Gasteiger partial charge in [0, 0.05) is 13.1 Å². The van der Waals surface area contributed by atoms with Crippen LogP contribution in [0.3, 0.4) is 0 Å². The van der Waals surface area contributed by atoms with Crippen molar-refractivity contribution in [1.29, 1.82) is 0 Å². The van der Waals surface area contributed by atoms with Gasteiger partial charge in [0.25, 0.3) is 0 Å². The van der Waals surface area contributed by atoms with E-state index in [0.29, 0.717) is 6.61 Å². The second-order valence-corrected chi connectivity index (χ2v) is 7.01. The summed E-state index contributed by atoms with van der Waals surface area (Å²) in [5.74, 6) is 1.85. The zero-order valence-corrected chi connectivity index (χ0v) is 15.3. The molecule has 4 nitrogen and oxygen atoms in total. The highest BCUT2D eigenvalue weighted by Crippen LogP contribution is 2.35. The fourth-order valence-corrected chi connectivity index (χ4v) is 3.38. The van der Waals surface area contributed by atoms with Gasteiger partial charge >= 0.3 is 0 Å². The summed E-state index contributed by atoms with van der Waals surface area (Å²) < 4.78 is 5.47. The maximum atomic E-state index is 12.2. The third-order valence-corrected chi connectivity index (χ3v) is 5.19. The Hall–Kier alpha value is -1.26. The van der Waals surface area contributed by atoms with Crippen LogP contribution >= 0.6 is 12.4 Å². The first-order chi connectivity index (χ1) is 11.1. The molecule has 0 aromatic heterocycles. The van der Waals surface area contributed by atoms with Gasteiger partial charge in [-0.05, 0) is 69.1 Å². The van der Waals surface area contributed by atoms with Crippen molar-refractivity contribution in [2.45, 2.75) is 51.0 Å². The van der Waals surface area contributed by atoms with Gasteiger partial charge in [0.05, 0.1) is 12.1 Å². The van der Waals surface area contributed by atoms with Crippen molar-refractivity contribution in [3.8, 4) is 5.75 Å². The number of hydrogen-bond acceptors (Lipinski definition) is 3. The van der Waals surface area contributed by atoms with Crippen molar-refractivity contribution in [3.05, 3.63) is 29.8 Å². The standard InChI is InChI=1S/C19H28N2O2.ClH/c1-2-23-17-7-5-15(6-8-17)3-4-16-9-13-21(14-10-16)18(22)19(20)11-12-19;/h5-8,16H,2-4,9-14,20H2,1H3;1H. The summed E-state index contributed by atoms with van der Waals surface area (Å²) in [6, 6.07) is 8.43. The van der Waals surface area contributed by atoms with E-state index in [1.54, 1.807) is 0 Å². The van der Waals surface area contributed by atoms with Crippen molar-refractivity contribution < 1.29 is 9.53 Å². The molecule has 3 rings (SSSR count). The summed E-state index contributed by atoms with van der Waals surface area (Å²) >= 11 is 0. The summed E-state index contributed by atoms with van der Waals surface area (Å²) in [4.78, 5) is 14.2. The third-order valence-electron chi connectivity index (χ3n) is 5.19. The molecule has 1 heterocycles. The Morgan fingerprint density at radius 2 is 1.88 bits per heavy atom. The fraction of sp³-hybridized carbons (Fsp3) is 0.632. The molecule has 0 radical (unpaired) electrons. The van der Waals surface area contributed by atoms with E-state index in [1.165, 1.54) is 12.0 Å². The lowest BCUT2D eigenvalue weighted by molar-refractivity contribution is -0.135. The van der Waals surface area contributed by atoms with Crippen molar-refractivity contribution in [3.63, 3.8) is 0 Å². The van der Waals surface area contributed by atoms with E-state index in [4.69, 9.17) is 10.5 Å². The lowest BCUT2D eigenvalue weighted by Crippen LogP contribution is -2.48. The first-order valence-electron chi connectivity index (χ1n) is 8.91. The lowest BCUT2D eigenvalue weighted by Gasteiger charge is -2.33. The quantitative estimate of drug-likeness (QED) is 0.855. The predicted molar refractivity (Wildman–Crippen MR) is 98.6 cm³/mol. The van der Waals surface area contributed by atoms with Gasteiger partial charge in [-0.3, -0.25) is 4.79 Å². The van der Waals surface area contributed by atoms with Crippen molar-refractivity contribution in [2.75, 3.05) is 19.7 Å². The van der Waals surface area contributed by atoms with Gasteiger partial charge in [-0.1, -0.05) is 12.1 Å². The van der Waals surface area contributed by atoms with Crippen LogP contribution < -0.4 is 10.5 Å². The molecule has 1 saturated heterocycles. The van der Waals surface area contributed by atoms with Crippen molar-refractivity contribution >= 4 is 18.3 Å². The van der Waals surface area contributed by atoms with Gasteiger partial charge in [-0.25, -0.2) is 0 Å². The molecule has 1 amide bonds. The van der Waals surface area contributed by atoms with Crippen LogP contribution in [0.5, 0.6) is 5.75 Å². The number of carbonyl (C=O) groups excluding carboxylic acids is 1. The molecule has 1 aromatic rings. The fourth-order valence-electron chi connectivity index (χ4n) is 3.38. The Bertz CT molecular complexity index is 535. The monoisotopic (exact) mass is 352 g/mol. The molecule has 1 saturated carbocycles. The molecule has 0 spiro atoms. The molecule has 0 atom stereocenters. The number of benzene rings is 1. The van der Waals surface area contributed by atoms with Gasteiger partial charge in [-0.2, -0.15) is 0 Å². The summed E-state index contributed by atoms with van der Waals surface area (Å²) in [5.41, 5.74) is 6.88. The van der Waals surface area contributed by atoms with E-state index < -0.39 is 5.54 Å². The summed E-state index contributed by atoms with van der Waals surface area (Å²) in [6.07, 6.45) is 6.25. The van der Waals surface area contributed by atoms with Crippen LogP contribution in [0.15, 0.2) is 24.3 Å². The second-order valence-electron chi connectivity index (χ2n) is 7.01. The van der Waals surface area contributed by atoms with E-state index >= 15 is 0 Å². The lowest BCUT2D eigenvalue weighted by atomic mass is 9.90. The van der Waals surface area contributed by atoms with E-state index in [0.717, 1.165) is 56.9 Å². The molecule has 2 N–H and O–H groups in total. The minimum atomic E-state index is -0.505. The minimum absolute atomic E-state index is 0. The molecule has 1 aliphatic heterocycles. The first kappa shape index (κ1) is 19.1. The number of carbonyl (C=O) groups is 1. The van der Waals surface area contributed by atoms with E-state index in [2.05, 4.69) is 24.3 Å². The molecule has 24 heavy (non-hydrogen) atoms. The van der Waals surface area contributed by atoms with Gasteiger partial charge in [0.2, 0.25) is 5.91 Å². The topological polar surface area (TPSA) is 55.6 Å². The predicted octanol–water partition coefficient (Wildman–Crippen LogP) is 3.17. The van der Waals surface area contributed by atoms with E-state index in [-0.39, 0.29) is 18.3 Å². The van der Waals surface area contributed by atoms with Crippen LogP contribution in [0.1, 0.15) is 44.6 Å². The number of likely N-dealkylation sites (tertiary alicyclic amines) is 1. The highest BCUT2D eigenvalue weighted by molar-refractivity contribution is 5.89. The number of nitrogens with zero attached hydrogens (tertiary/aromatic N) is 1. The molecule has 5 heteroatoms. The minimum Gasteiger partial charge on any atom is -0.494 e. The molecular weight excluding hydrogens is 324 g/mol. The molecule has 0 unspecified atom stereocenters. The first-order valence-corrected chi connectivity index (χ1v) is 8.91. The number of aryl methyl sites for hydroxylation is 1. The van der Waals surface area contributed by atoms with Crippen LogP contribution in [0, 0.1) is 5.92 Å². The number of ether oxygens (including phenoxy) is 1. The van der Waals surface area contributed by atoms with Gasteiger partial charge < -0.3 is 15.4 Å². The van der Waals surface area contributed by atoms with E-state index in [1.807, 2.05) is 11.8 Å². The smallest absolute Gasteiger partial charge is 0.242 e. The highest BCUT2D eigenvalue weighted by atomic mass is 35.5. The van der Waals surface area contributed by atoms with Crippen LogP contribution in [0.2, 0.25) is 0 Å². The molecule has 1 aliphatic carbocycles. The van der Waals surface area contributed by atoms with Crippen LogP contribution in [-0.2, 0) is 11.2 Å². The van der Waals surface area contributed by atoms with Crippen LogP contribution in [0.25, 0.3) is 0 Å². The number of nitrogens with two attached hydrogens (primary N) is 1. The Morgan fingerprint density at radius 3 is 2.42 bits per heavy atom. The van der Waals surface area contributed by atoms with Crippen molar-refractivity contribution in [1.82, 2.24) is 4.90 Å². The number of halogens is 1. The number of rotatable bonds is 6. The average molecular weight is 353 g/mol. The largest absolute Gasteiger partial charge is 0.494 e. The Labute approximate surface area is 151 Å². The number of piperidine rings is 1.